The van der Waals surface area contributed by atoms with Gasteiger partial charge in [0.15, 0.2) is 23.0 Å². The lowest BCUT2D eigenvalue weighted by molar-refractivity contribution is 0.107. The van der Waals surface area contributed by atoms with E-state index < -0.39 is 11.1 Å². The van der Waals surface area contributed by atoms with Gasteiger partial charge in [-0.05, 0) is 30.7 Å². The Labute approximate surface area is 119 Å². The zero-order chi connectivity index (χ0) is 14.7. The molecule has 0 aliphatic carbocycles. The number of halogens is 2. The highest BCUT2D eigenvalue weighted by Gasteiger charge is 2.17. The van der Waals surface area contributed by atoms with Gasteiger partial charge in [-0.25, -0.2) is 9.07 Å². The van der Waals surface area contributed by atoms with E-state index in [4.69, 9.17) is 21.1 Å². The normalized spacial score (nSPS) is 10.4. The highest BCUT2D eigenvalue weighted by molar-refractivity contribution is 6.67. The number of methoxy groups -OCH3 is 1. The summed E-state index contributed by atoms with van der Waals surface area (Å²) in [6.07, 6.45) is 1.51. The van der Waals surface area contributed by atoms with Crippen molar-refractivity contribution >= 4 is 16.8 Å². The van der Waals surface area contributed by atoms with Crippen LogP contribution in [0.25, 0.3) is 5.69 Å². The van der Waals surface area contributed by atoms with Gasteiger partial charge in [0.2, 0.25) is 0 Å². The molecule has 20 heavy (non-hydrogen) atoms. The molecular weight excluding hydrogens is 287 g/mol. The number of hydrogen-bond acceptors (Lipinski definition) is 4. The first-order valence-electron chi connectivity index (χ1n) is 5.83. The number of nitrogens with zero attached hydrogens (tertiary/aromatic N) is 2. The Morgan fingerprint density at radius 1 is 1.45 bits per heavy atom. The fourth-order valence-electron chi connectivity index (χ4n) is 1.68. The Hall–Kier alpha value is -2.08. The van der Waals surface area contributed by atoms with Crippen molar-refractivity contribution in [3.63, 3.8) is 0 Å². The molecule has 0 fully saturated rings. The molecule has 0 aliphatic heterocycles. The molecule has 106 valence electrons. The summed E-state index contributed by atoms with van der Waals surface area (Å²) < 4.78 is 24.9. The van der Waals surface area contributed by atoms with Gasteiger partial charge >= 0.3 is 0 Å². The SMILES string of the molecule is CCOc1cn(-c2ccc(F)c(OC)c2)nc1C(=O)Cl. The first kappa shape index (κ1) is 14.3. The predicted molar refractivity (Wildman–Crippen MR) is 71.4 cm³/mol. The van der Waals surface area contributed by atoms with Crippen molar-refractivity contribution in [1.82, 2.24) is 9.78 Å². The third-order valence-corrected chi connectivity index (χ3v) is 2.74. The van der Waals surface area contributed by atoms with Crippen molar-refractivity contribution in [3.05, 3.63) is 35.9 Å². The fraction of sp³-hybridized carbons (Fsp3) is 0.231. The molecule has 0 atom stereocenters. The molecule has 1 heterocycles. The van der Waals surface area contributed by atoms with Gasteiger partial charge in [0.25, 0.3) is 5.24 Å². The number of carbonyl (C=O) groups is 1. The van der Waals surface area contributed by atoms with E-state index in [2.05, 4.69) is 5.10 Å². The van der Waals surface area contributed by atoms with Crippen LogP contribution in [0.5, 0.6) is 11.5 Å². The number of aromatic nitrogens is 2. The van der Waals surface area contributed by atoms with Gasteiger partial charge in [-0.1, -0.05) is 0 Å². The Kier molecular flexibility index (Phi) is 4.24. The second-order valence-electron chi connectivity index (χ2n) is 3.81. The van der Waals surface area contributed by atoms with E-state index in [9.17, 15) is 9.18 Å². The lowest BCUT2D eigenvalue weighted by Gasteiger charge is -2.05. The topological polar surface area (TPSA) is 53.4 Å². The molecular formula is C13H12ClFN2O3. The molecule has 1 aromatic carbocycles. The standard InChI is InChI=1S/C13H12ClFN2O3/c1-3-20-11-7-17(16-12(11)13(14)18)8-4-5-9(15)10(6-8)19-2/h4-7H,3H2,1-2H3. The molecule has 1 aromatic heterocycles. The summed E-state index contributed by atoms with van der Waals surface area (Å²) in [6, 6.07) is 4.21. The van der Waals surface area contributed by atoms with Crippen molar-refractivity contribution in [1.29, 1.82) is 0 Å². The minimum atomic E-state index is -0.721. The van der Waals surface area contributed by atoms with Crippen LogP contribution < -0.4 is 9.47 Å². The summed E-state index contributed by atoms with van der Waals surface area (Å²) in [4.78, 5) is 11.3. The maximum absolute atomic E-state index is 13.4. The maximum Gasteiger partial charge on any atom is 0.276 e. The summed E-state index contributed by atoms with van der Waals surface area (Å²) in [5.74, 6) is -0.132. The van der Waals surface area contributed by atoms with Crippen LogP contribution >= 0.6 is 11.6 Å². The summed E-state index contributed by atoms with van der Waals surface area (Å²) in [5, 5.41) is 3.31. The van der Waals surface area contributed by atoms with Crippen molar-refractivity contribution in [2.24, 2.45) is 0 Å². The predicted octanol–water partition coefficient (Wildman–Crippen LogP) is 2.80. The van der Waals surface area contributed by atoms with Gasteiger partial charge < -0.3 is 9.47 Å². The molecule has 0 saturated carbocycles. The Bertz CT molecular complexity index is 643. The van der Waals surface area contributed by atoms with E-state index in [1.165, 1.54) is 36.2 Å². The lowest BCUT2D eigenvalue weighted by atomic mass is 10.3. The van der Waals surface area contributed by atoms with E-state index in [-0.39, 0.29) is 17.2 Å². The van der Waals surface area contributed by atoms with E-state index >= 15 is 0 Å². The Balaban J connectivity index is 2.47. The molecule has 0 aliphatic rings. The summed E-state index contributed by atoms with van der Waals surface area (Å²) in [6.45, 7) is 2.15. The third-order valence-electron chi connectivity index (χ3n) is 2.57. The molecule has 0 N–H and O–H groups in total. The van der Waals surface area contributed by atoms with E-state index in [1.54, 1.807) is 6.92 Å². The molecule has 5 nitrogen and oxygen atoms in total. The van der Waals surface area contributed by atoms with Gasteiger partial charge in [0.05, 0.1) is 25.6 Å². The molecule has 7 heteroatoms. The largest absolute Gasteiger partial charge is 0.494 e. The van der Waals surface area contributed by atoms with Crippen LogP contribution in [0.1, 0.15) is 17.4 Å². The smallest absolute Gasteiger partial charge is 0.276 e. The average molecular weight is 299 g/mol. The van der Waals surface area contributed by atoms with Gasteiger partial charge in [0, 0.05) is 6.07 Å². The zero-order valence-electron chi connectivity index (χ0n) is 10.9. The molecule has 0 amide bonds. The number of ether oxygens (including phenoxy) is 2. The van der Waals surface area contributed by atoms with Crippen LogP contribution in [0.3, 0.4) is 0 Å². The number of carbonyl (C=O) groups excluding carboxylic acids is 1. The number of benzene rings is 1. The van der Waals surface area contributed by atoms with Crippen LogP contribution in [-0.2, 0) is 0 Å². The lowest BCUT2D eigenvalue weighted by Crippen LogP contribution is -1.99. The third kappa shape index (κ3) is 2.75. The van der Waals surface area contributed by atoms with Crippen LogP contribution in [-0.4, -0.2) is 28.7 Å². The molecule has 0 saturated heterocycles. The van der Waals surface area contributed by atoms with Crippen molar-refractivity contribution < 1.29 is 18.7 Å². The molecule has 0 bridgehead atoms. The van der Waals surface area contributed by atoms with Crippen molar-refractivity contribution in [2.45, 2.75) is 6.92 Å². The van der Waals surface area contributed by atoms with E-state index in [0.29, 0.717) is 12.3 Å². The van der Waals surface area contributed by atoms with Crippen molar-refractivity contribution in [2.75, 3.05) is 13.7 Å². The van der Waals surface area contributed by atoms with Gasteiger partial charge in [-0.3, -0.25) is 4.79 Å². The number of hydrogen-bond donors (Lipinski definition) is 0. The molecule has 2 aromatic rings. The minimum absolute atomic E-state index is 0.0109. The quantitative estimate of drug-likeness (QED) is 0.797. The minimum Gasteiger partial charge on any atom is -0.494 e. The molecule has 0 spiro atoms. The average Bonchev–Trinajstić information content (AvgIpc) is 2.84. The van der Waals surface area contributed by atoms with Crippen LogP contribution in [0, 0.1) is 5.82 Å². The van der Waals surface area contributed by atoms with Crippen LogP contribution in [0.2, 0.25) is 0 Å². The molecule has 0 unspecified atom stereocenters. The highest BCUT2D eigenvalue weighted by atomic mass is 35.5. The first-order valence-corrected chi connectivity index (χ1v) is 6.20. The van der Waals surface area contributed by atoms with Crippen molar-refractivity contribution in [3.8, 4) is 17.2 Å². The highest BCUT2D eigenvalue weighted by Crippen LogP contribution is 2.25. The fourth-order valence-corrected chi connectivity index (χ4v) is 1.81. The molecule has 0 radical (unpaired) electrons. The van der Waals surface area contributed by atoms with E-state index in [1.807, 2.05) is 0 Å². The molecule has 2 rings (SSSR count). The van der Waals surface area contributed by atoms with Crippen LogP contribution in [0.4, 0.5) is 4.39 Å². The second kappa shape index (κ2) is 5.92. The monoisotopic (exact) mass is 298 g/mol. The Morgan fingerprint density at radius 3 is 2.80 bits per heavy atom. The van der Waals surface area contributed by atoms with Gasteiger partial charge in [0.1, 0.15) is 0 Å². The van der Waals surface area contributed by atoms with Gasteiger partial charge in [-0.15, -0.1) is 0 Å². The summed E-state index contributed by atoms with van der Waals surface area (Å²) in [7, 11) is 1.37. The zero-order valence-corrected chi connectivity index (χ0v) is 11.6. The van der Waals surface area contributed by atoms with Gasteiger partial charge in [-0.2, -0.15) is 5.10 Å². The summed E-state index contributed by atoms with van der Waals surface area (Å²) in [5.41, 5.74) is 0.533. The maximum atomic E-state index is 13.4. The van der Waals surface area contributed by atoms with Crippen LogP contribution in [0.15, 0.2) is 24.4 Å². The Morgan fingerprint density at radius 2 is 2.20 bits per heavy atom. The second-order valence-corrected chi connectivity index (χ2v) is 4.16. The summed E-state index contributed by atoms with van der Waals surface area (Å²) >= 11 is 5.45. The number of rotatable bonds is 5. The first-order chi connectivity index (χ1) is 9.56. The van der Waals surface area contributed by atoms with E-state index in [0.717, 1.165) is 0 Å².